The van der Waals surface area contributed by atoms with Crippen molar-refractivity contribution in [2.45, 2.75) is 0 Å². The van der Waals surface area contributed by atoms with Crippen molar-refractivity contribution >= 4 is 7.82 Å². The molecule has 0 spiro atoms. The SMILES string of the molecule is O=P(O)(O)[O][Mo](=[O])(=[O])[O-].[Na+]. The summed E-state index contributed by atoms with van der Waals surface area (Å²) in [6.45, 7) is 0. The van der Waals surface area contributed by atoms with Crippen LogP contribution in [0.2, 0.25) is 0 Å². The summed E-state index contributed by atoms with van der Waals surface area (Å²) in [4.78, 5) is 15.4. The third-order valence-corrected chi connectivity index (χ3v) is 3.34. The van der Waals surface area contributed by atoms with Gasteiger partial charge in [-0.1, -0.05) is 0 Å². The van der Waals surface area contributed by atoms with Gasteiger partial charge in [0.1, 0.15) is 0 Å². The zero-order chi connectivity index (χ0) is 7.71. The molecule has 0 aliphatic heterocycles. The van der Waals surface area contributed by atoms with E-state index in [1.54, 1.807) is 0 Å². The third-order valence-electron chi connectivity index (χ3n) is 0.188. The van der Waals surface area contributed by atoms with Gasteiger partial charge in [-0.15, -0.1) is 0 Å². The van der Waals surface area contributed by atoms with E-state index in [1.807, 2.05) is 0 Å². The first-order valence-electron chi connectivity index (χ1n) is 1.43. The first-order valence-corrected chi connectivity index (χ1v) is 6.24. The Labute approximate surface area is 81.6 Å². The van der Waals surface area contributed by atoms with E-state index in [0.29, 0.717) is 0 Å². The molecule has 0 radical (unpaired) electrons. The van der Waals surface area contributed by atoms with E-state index in [2.05, 4.69) is 3.18 Å². The Kier molecular flexibility index (Phi) is 6.12. The fraction of sp³-hybridized carbons (Fsp3) is 0. The van der Waals surface area contributed by atoms with Crippen molar-refractivity contribution in [3.63, 3.8) is 0 Å². The Morgan fingerprint density at radius 2 is 1.70 bits per heavy atom. The van der Waals surface area contributed by atoms with Gasteiger partial charge in [0.15, 0.2) is 0 Å². The van der Waals surface area contributed by atoms with E-state index in [9.17, 15) is 15.1 Å². The average molecular weight is 264 g/mol. The maximum absolute atomic E-state index is 9.57. The van der Waals surface area contributed by atoms with Gasteiger partial charge >= 0.3 is 82.2 Å². The summed E-state index contributed by atoms with van der Waals surface area (Å²) in [5, 5.41) is 0. The van der Waals surface area contributed by atoms with Crippen LogP contribution in [0.3, 0.4) is 0 Å². The van der Waals surface area contributed by atoms with Crippen LogP contribution in [0, 0.1) is 0 Å². The monoisotopic (exact) mass is 266 g/mol. The van der Waals surface area contributed by atoms with E-state index in [1.165, 1.54) is 0 Å². The predicted molar refractivity (Wildman–Crippen MR) is 14.5 cm³/mol. The number of phosphoric acid groups is 1. The van der Waals surface area contributed by atoms with Gasteiger partial charge < -0.3 is 0 Å². The van der Waals surface area contributed by atoms with Crippen LogP contribution in [0.4, 0.5) is 0 Å². The van der Waals surface area contributed by atoms with Crippen molar-refractivity contribution in [3.05, 3.63) is 0 Å². The molecule has 2 N–H and O–H groups in total. The Morgan fingerprint density at radius 3 is 1.70 bits per heavy atom. The van der Waals surface area contributed by atoms with Crippen molar-refractivity contribution in [1.82, 2.24) is 0 Å². The van der Waals surface area contributed by atoms with Gasteiger partial charge in [0.2, 0.25) is 0 Å². The van der Waals surface area contributed by atoms with Gasteiger partial charge in [-0.3, -0.25) is 0 Å². The maximum Gasteiger partial charge on any atom is 1.00 e. The molecule has 0 saturated heterocycles. The van der Waals surface area contributed by atoms with Crippen LogP contribution in [0.15, 0.2) is 0 Å². The van der Waals surface area contributed by atoms with Crippen molar-refractivity contribution in [2.24, 2.45) is 0 Å². The molecule has 0 heterocycles. The summed E-state index contributed by atoms with van der Waals surface area (Å²) in [7, 11) is -5.14. The maximum atomic E-state index is 9.57. The van der Waals surface area contributed by atoms with Gasteiger partial charge in [-0.2, -0.15) is 0 Å². The smallest absolute Gasteiger partial charge is 1.00 e. The molecule has 0 fully saturated rings. The molecule has 7 nitrogen and oxygen atoms in total. The molecular weight excluding hydrogens is 262 g/mol. The molecule has 0 unspecified atom stereocenters. The fourth-order valence-electron chi connectivity index (χ4n) is 0.119. The van der Waals surface area contributed by atoms with E-state index in [-0.39, 0.29) is 29.6 Å². The molecular formula is H2MoNaO7P. The summed E-state index contributed by atoms with van der Waals surface area (Å²) < 4.78 is 40.8. The van der Waals surface area contributed by atoms with E-state index in [0.717, 1.165) is 0 Å². The summed E-state index contributed by atoms with van der Waals surface area (Å²) in [6, 6.07) is 0. The normalized spacial score (nSPS) is 12.3. The van der Waals surface area contributed by atoms with Crippen LogP contribution < -0.4 is 33.3 Å². The van der Waals surface area contributed by atoms with Gasteiger partial charge in [0, 0.05) is 0 Å². The summed E-state index contributed by atoms with van der Waals surface area (Å²) in [6.07, 6.45) is 0. The van der Waals surface area contributed by atoms with E-state index < -0.39 is 24.6 Å². The number of hydrogen-bond acceptors (Lipinski definition) is 5. The summed E-state index contributed by atoms with van der Waals surface area (Å²) >= 11 is -6.28. The van der Waals surface area contributed by atoms with Crippen molar-refractivity contribution in [2.75, 3.05) is 0 Å². The molecule has 10 heavy (non-hydrogen) atoms. The molecule has 0 aromatic rings. The van der Waals surface area contributed by atoms with Gasteiger partial charge in [-0.25, -0.2) is 0 Å². The first kappa shape index (κ1) is 13.9. The van der Waals surface area contributed by atoms with Gasteiger partial charge in [0.25, 0.3) is 0 Å². The first-order chi connectivity index (χ1) is 3.71. The van der Waals surface area contributed by atoms with Crippen LogP contribution in [-0.2, 0) is 31.3 Å². The molecule has 0 saturated carbocycles. The molecule has 0 bridgehead atoms. The molecule has 56 valence electrons. The van der Waals surface area contributed by atoms with E-state index >= 15 is 0 Å². The fourth-order valence-corrected chi connectivity index (χ4v) is 2.11. The van der Waals surface area contributed by atoms with Gasteiger partial charge in [0.05, 0.1) is 0 Å². The molecule has 10 heteroatoms. The second-order valence-corrected chi connectivity index (χ2v) is 5.21. The Bertz CT molecular complexity index is 220. The Hall–Kier alpha value is 1.36. The summed E-state index contributed by atoms with van der Waals surface area (Å²) in [5.74, 6) is 0. The minimum atomic E-state index is -6.28. The second kappa shape index (κ2) is 4.40. The molecule has 0 aliphatic carbocycles. The van der Waals surface area contributed by atoms with Crippen LogP contribution >= 0.6 is 7.82 Å². The van der Waals surface area contributed by atoms with Crippen molar-refractivity contribution in [1.29, 1.82) is 0 Å². The number of rotatable bonds is 2. The minimum Gasteiger partial charge on any atom is 1.00 e. The Morgan fingerprint density at radius 1 is 1.40 bits per heavy atom. The Balaban J connectivity index is 0. The molecule has 0 atom stereocenters. The van der Waals surface area contributed by atoms with Crippen molar-refractivity contribution in [3.8, 4) is 0 Å². The zero-order valence-corrected chi connectivity index (χ0v) is 9.69. The quantitative estimate of drug-likeness (QED) is 0.378. The third kappa shape index (κ3) is 12.1. The second-order valence-electron chi connectivity index (χ2n) is 0.973. The standard InChI is InChI=1S/Mo.Na.H3O4P.3O/c;;1-5(2,3)4;;;/h;;(H3,1,2,3,4);;;/q2*+1;;;;-1/p-1. The zero-order valence-electron chi connectivity index (χ0n) is 4.79. The van der Waals surface area contributed by atoms with Gasteiger partial charge in [-0.05, 0) is 0 Å². The van der Waals surface area contributed by atoms with Crippen LogP contribution in [0.1, 0.15) is 0 Å². The van der Waals surface area contributed by atoms with Crippen LogP contribution in [0.5, 0.6) is 0 Å². The molecule has 0 aromatic carbocycles. The molecule has 0 aliphatic rings. The van der Waals surface area contributed by atoms with E-state index in [4.69, 9.17) is 9.79 Å². The van der Waals surface area contributed by atoms with Crippen LogP contribution in [-0.4, -0.2) is 9.79 Å². The van der Waals surface area contributed by atoms with Crippen molar-refractivity contribution < 1.29 is 74.4 Å². The van der Waals surface area contributed by atoms with Crippen LogP contribution in [0.25, 0.3) is 0 Å². The molecule has 0 amide bonds. The average Bonchev–Trinajstić information content (AvgIpc) is 1.14. The predicted octanol–water partition coefficient (Wildman–Crippen LogP) is -4.87. The molecule has 0 rings (SSSR count). The molecule has 0 aromatic heterocycles. The number of hydrogen-bond donors (Lipinski definition) is 2. The summed E-state index contributed by atoms with van der Waals surface area (Å²) in [5.41, 5.74) is 0. The largest absolute Gasteiger partial charge is 1.00 e. The minimum absolute atomic E-state index is 0. The topological polar surface area (TPSA) is 124 Å².